The molecule has 1 aliphatic rings. The Bertz CT molecular complexity index is 437. The lowest BCUT2D eigenvalue weighted by Gasteiger charge is -2.32. The van der Waals surface area contributed by atoms with Crippen molar-refractivity contribution in [3.05, 3.63) is 20.9 Å². The van der Waals surface area contributed by atoms with Crippen molar-refractivity contribution in [3.8, 4) is 0 Å². The maximum Gasteiger partial charge on any atom is 0.249 e. The second-order valence-electron chi connectivity index (χ2n) is 4.06. The number of carbonyl (C=O) groups excluding carboxylic acids is 1. The van der Waals surface area contributed by atoms with Crippen molar-refractivity contribution < 1.29 is 15.0 Å². The monoisotopic (exact) mass is 605 g/mol. The Morgan fingerprint density at radius 2 is 2.21 bits per heavy atom. The number of hydrogen-bond donors (Lipinski definition) is 5. The first-order valence-corrected chi connectivity index (χ1v) is 8.68. The largest absolute Gasteiger partial charge is 0.398 e. The second kappa shape index (κ2) is 7.20. The Hall–Kier alpha value is 0.820. The summed E-state index contributed by atoms with van der Waals surface area (Å²) in [6, 6.07) is 0. The first-order valence-electron chi connectivity index (χ1n) is 5.28. The summed E-state index contributed by atoms with van der Waals surface area (Å²) in [6.45, 7) is -0.423. The van der Waals surface area contributed by atoms with Gasteiger partial charge in [-0.1, -0.05) is 45.2 Å². The third-order valence-corrected chi connectivity index (χ3v) is 7.45. The molecule has 0 bridgehead atoms. The molecule has 0 saturated heterocycles. The van der Waals surface area contributed by atoms with Crippen LogP contribution in [0.3, 0.4) is 0 Å². The number of nitrogens with two attached hydrogens (primary N) is 2. The maximum absolute atomic E-state index is 12.2. The molecule has 9 heteroatoms. The molecule has 0 aromatic heterocycles. The van der Waals surface area contributed by atoms with Crippen LogP contribution < -0.4 is 16.8 Å². The second-order valence-corrected chi connectivity index (χ2v) is 8.26. The molecule has 0 aromatic rings. The molecule has 0 spiro atoms. The number of aliphatic hydroxyl groups excluding tert-OH is 2. The first kappa shape index (κ1) is 17.9. The van der Waals surface area contributed by atoms with Crippen LogP contribution in [0.4, 0.5) is 0 Å². The molecular formula is C10H14I3N3O3. The number of hydrogen-bond acceptors (Lipinski definition) is 5. The molecule has 1 rings (SSSR count). The van der Waals surface area contributed by atoms with Crippen LogP contribution in [0.25, 0.3) is 0 Å². The van der Waals surface area contributed by atoms with Crippen molar-refractivity contribution in [2.45, 2.75) is 13.6 Å². The molecule has 1 amide bonds. The summed E-state index contributed by atoms with van der Waals surface area (Å²) in [7, 11) is 0. The summed E-state index contributed by atoms with van der Waals surface area (Å²) in [6.07, 6.45) is 0.750. The van der Waals surface area contributed by atoms with Crippen molar-refractivity contribution in [1.82, 2.24) is 5.32 Å². The molecule has 1 aliphatic carbocycles. The smallest absolute Gasteiger partial charge is 0.249 e. The van der Waals surface area contributed by atoms with Crippen LogP contribution in [0.5, 0.6) is 0 Å². The van der Waals surface area contributed by atoms with Gasteiger partial charge in [0, 0.05) is 21.4 Å². The van der Waals surface area contributed by atoms with Gasteiger partial charge in [-0.15, -0.1) is 0 Å². The zero-order valence-corrected chi connectivity index (χ0v) is 16.2. The van der Waals surface area contributed by atoms with E-state index in [1.807, 2.05) is 45.2 Å². The van der Waals surface area contributed by atoms with Crippen molar-refractivity contribution in [3.63, 3.8) is 0 Å². The minimum Gasteiger partial charge on any atom is -0.398 e. The van der Waals surface area contributed by atoms with E-state index < -0.39 is 16.3 Å². The van der Waals surface area contributed by atoms with Crippen molar-refractivity contribution in [2.24, 2.45) is 11.5 Å². The van der Waals surface area contributed by atoms with E-state index in [0.29, 0.717) is 14.8 Å². The Balaban J connectivity index is 2.93. The van der Waals surface area contributed by atoms with Gasteiger partial charge in [-0.25, -0.2) is 0 Å². The van der Waals surface area contributed by atoms with E-state index >= 15 is 0 Å². The molecular weight excluding hydrogens is 591 g/mol. The van der Waals surface area contributed by atoms with Crippen LogP contribution in [-0.2, 0) is 4.79 Å². The van der Waals surface area contributed by atoms with Gasteiger partial charge in [0.05, 0.1) is 16.6 Å². The fourth-order valence-electron chi connectivity index (χ4n) is 1.45. The molecule has 7 N–H and O–H groups in total. The summed E-state index contributed by atoms with van der Waals surface area (Å²) in [5.41, 5.74) is 12.9. The molecule has 0 radical (unpaired) electrons. The standard InChI is InChI=1S/C10H14I3N3O3/c11-7-5(14)1-10(13,15)8(12)6(7)9(19)16-2-4(18)3-17/h1,4,8,17-18H,2-3,14-15H2,(H,16,19). The van der Waals surface area contributed by atoms with Gasteiger partial charge in [0.2, 0.25) is 5.91 Å². The molecule has 0 aromatic carbocycles. The fourth-order valence-corrected chi connectivity index (χ4v) is 4.18. The van der Waals surface area contributed by atoms with Crippen molar-refractivity contribution >= 4 is 73.7 Å². The van der Waals surface area contributed by atoms with Gasteiger partial charge in [0.15, 0.2) is 0 Å². The Kier molecular flexibility index (Phi) is 6.77. The van der Waals surface area contributed by atoms with Gasteiger partial charge in [-0.05, 0) is 28.7 Å². The Morgan fingerprint density at radius 3 is 2.74 bits per heavy atom. The van der Waals surface area contributed by atoms with E-state index in [-0.39, 0.29) is 16.4 Å². The van der Waals surface area contributed by atoms with Gasteiger partial charge in [0.25, 0.3) is 0 Å². The topological polar surface area (TPSA) is 122 Å². The summed E-state index contributed by atoms with van der Waals surface area (Å²) >= 11 is 6.16. The number of allylic oxidation sites excluding steroid dienone is 1. The number of amides is 1. The molecule has 19 heavy (non-hydrogen) atoms. The molecule has 3 unspecified atom stereocenters. The molecule has 0 aliphatic heterocycles. The lowest BCUT2D eigenvalue weighted by molar-refractivity contribution is -0.118. The van der Waals surface area contributed by atoms with E-state index in [9.17, 15) is 9.90 Å². The number of halogens is 3. The predicted octanol–water partition coefficient (Wildman–Crippen LogP) is -0.105. The number of aliphatic hydroxyl groups is 2. The zero-order chi connectivity index (χ0) is 14.8. The first-order chi connectivity index (χ1) is 8.70. The molecule has 108 valence electrons. The van der Waals surface area contributed by atoms with Crippen LogP contribution in [0.2, 0.25) is 0 Å². The van der Waals surface area contributed by atoms with Crippen molar-refractivity contribution in [1.29, 1.82) is 0 Å². The summed E-state index contributed by atoms with van der Waals surface area (Å²) in [4.78, 5) is 12.2. The third kappa shape index (κ3) is 4.39. The van der Waals surface area contributed by atoms with Crippen LogP contribution in [-0.4, -0.2) is 42.8 Å². The quantitative estimate of drug-likeness (QED) is 0.174. The minimum atomic E-state index is -0.978. The van der Waals surface area contributed by atoms with Crippen molar-refractivity contribution in [2.75, 3.05) is 13.2 Å². The lowest BCUT2D eigenvalue weighted by atomic mass is 9.98. The van der Waals surface area contributed by atoms with Gasteiger partial charge >= 0.3 is 0 Å². The average Bonchev–Trinajstić information content (AvgIpc) is 2.33. The maximum atomic E-state index is 12.2. The number of alkyl halides is 2. The molecule has 0 heterocycles. The van der Waals surface area contributed by atoms with Crippen LogP contribution >= 0.6 is 67.8 Å². The van der Waals surface area contributed by atoms with E-state index in [0.717, 1.165) is 0 Å². The lowest BCUT2D eigenvalue weighted by Crippen LogP contribution is -2.48. The van der Waals surface area contributed by atoms with Crippen LogP contribution in [0, 0.1) is 0 Å². The summed E-state index contributed by atoms with van der Waals surface area (Å²) in [5.74, 6) is -0.334. The highest BCUT2D eigenvalue weighted by Crippen LogP contribution is 2.40. The molecule has 3 atom stereocenters. The number of carbonyl (C=O) groups is 1. The van der Waals surface area contributed by atoms with Crippen LogP contribution in [0.15, 0.2) is 20.9 Å². The van der Waals surface area contributed by atoms with Crippen LogP contribution in [0.1, 0.15) is 0 Å². The van der Waals surface area contributed by atoms with Gasteiger partial charge < -0.3 is 27.0 Å². The Morgan fingerprint density at radius 1 is 1.63 bits per heavy atom. The Labute approximate surface area is 151 Å². The molecule has 6 nitrogen and oxygen atoms in total. The van der Waals surface area contributed by atoms with E-state index in [1.165, 1.54) is 0 Å². The highest BCUT2D eigenvalue weighted by molar-refractivity contribution is 14.1. The number of rotatable bonds is 4. The molecule has 0 fully saturated rings. The SMILES string of the molecule is NC1=CC(N)(I)C(I)C(C(=O)NCC(O)CO)=C1I. The number of nitrogens with one attached hydrogen (secondary N) is 1. The highest BCUT2D eigenvalue weighted by atomic mass is 127. The van der Waals surface area contributed by atoms with Gasteiger partial charge in [-0.3, -0.25) is 4.79 Å². The minimum absolute atomic E-state index is 0.0193. The highest BCUT2D eigenvalue weighted by Gasteiger charge is 2.39. The zero-order valence-electron chi connectivity index (χ0n) is 9.74. The van der Waals surface area contributed by atoms with E-state index in [2.05, 4.69) is 27.9 Å². The summed E-state index contributed by atoms with van der Waals surface area (Å²) in [5, 5.41) is 20.5. The third-order valence-electron chi connectivity index (χ3n) is 2.46. The van der Waals surface area contributed by atoms with E-state index in [1.54, 1.807) is 6.08 Å². The normalized spacial score (nSPS) is 28.9. The van der Waals surface area contributed by atoms with Gasteiger partial charge in [-0.2, -0.15) is 0 Å². The van der Waals surface area contributed by atoms with E-state index in [4.69, 9.17) is 16.6 Å². The summed E-state index contributed by atoms with van der Waals surface area (Å²) < 4.78 is -0.318. The predicted molar refractivity (Wildman–Crippen MR) is 98.2 cm³/mol. The molecule has 0 saturated carbocycles. The van der Waals surface area contributed by atoms with Gasteiger partial charge in [0.1, 0.15) is 3.55 Å². The average molecular weight is 605 g/mol. The fraction of sp³-hybridized carbons (Fsp3) is 0.500.